The molecule has 0 aromatic rings. The average Bonchev–Trinajstić information content (AvgIpc) is 3.00. The van der Waals surface area contributed by atoms with Crippen LogP contribution in [0.3, 0.4) is 0 Å². The van der Waals surface area contributed by atoms with Gasteiger partial charge in [-0.1, -0.05) is 91.4 Å². The molecule has 0 bridgehead atoms. The Kier molecular flexibility index (Phi) is 14.0. The van der Waals surface area contributed by atoms with Crippen LogP contribution in [0, 0.1) is 0 Å². The predicted molar refractivity (Wildman–Crippen MR) is 113 cm³/mol. The summed E-state index contributed by atoms with van der Waals surface area (Å²) >= 11 is 0. The Hall–Kier alpha value is -0.660. The Morgan fingerprint density at radius 2 is 0.920 bits per heavy atom. The summed E-state index contributed by atoms with van der Waals surface area (Å²) in [6.07, 6.45) is 26.2. The fourth-order valence-corrected chi connectivity index (χ4v) is 3.88. The second-order valence-electron chi connectivity index (χ2n) is 7.93. The van der Waals surface area contributed by atoms with Crippen molar-refractivity contribution in [3.63, 3.8) is 0 Å². The van der Waals surface area contributed by atoms with E-state index in [0.29, 0.717) is 6.17 Å². The van der Waals surface area contributed by atoms with Crippen molar-refractivity contribution in [2.45, 2.75) is 123 Å². The molecule has 1 aliphatic heterocycles. The number of nitrogens with zero attached hydrogens (tertiary/aromatic N) is 2. The Labute approximate surface area is 159 Å². The first kappa shape index (κ1) is 22.4. The molecule has 1 unspecified atom stereocenters. The Morgan fingerprint density at radius 1 is 0.520 bits per heavy atom. The lowest BCUT2D eigenvalue weighted by atomic mass is 10.1. The second-order valence-corrected chi connectivity index (χ2v) is 7.93. The Morgan fingerprint density at radius 3 is 1.36 bits per heavy atom. The van der Waals surface area contributed by atoms with Crippen molar-refractivity contribution in [3.05, 3.63) is 12.4 Å². The highest BCUT2D eigenvalue weighted by atomic mass is 15.4. The second kappa shape index (κ2) is 15.6. The van der Waals surface area contributed by atoms with Gasteiger partial charge in [0.2, 0.25) is 0 Å². The van der Waals surface area contributed by atoms with E-state index in [1.807, 2.05) is 0 Å². The van der Waals surface area contributed by atoms with E-state index in [0.717, 1.165) is 0 Å². The number of hydrogen-bond acceptors (Lipinski definition) is 2. The summed E-state index contributed by atoms with van der Waals surface area (Å²) < 4.78 is 0. The first-order valence-electron chi connectivity index (χ1n) is 11.5. The zero-order valence-corrected chi connectivity index (χ0v) is 17.6. The van der Waals surface area contributed by atoms with E-state index in [-0.39, 0.29) is 0 Å². The normalized spacial score (nSPS) is 17.0. The highest BCUT2D eigenvalue weighted by molar-refractivity contribution is 4.96. The molecule has 0 fully saturated rings. The number of unbranched alkanes of at least 4 members (excludes halogenated alkanes) is 11. The van der Waals surface area contributed by atoms with E-state index in [9.17, 15) is 0 Å². The first-order chi connectivity index (χ1) is 12.3. The maximum Gasteiger partial charge on any atom is 0.101 e. The molecule has 1 rings (SSSR count). The van der Waals surface area contributed by atoms with E-state index in [1.54, 1.807) is 0 Å². The van der Waals surface area contributed by atoms with Gasteiger partial charge in [0.15, 0.2) is 0 Å². The lowest BCUT2D eigenvalue weighted by Crippen LogP contribution is -2.39. The number of rotatable bonds is 17. The molecule has 25 heavy (non-hydrogen) atoms. The Balaban J connectivity index is 2.23. The molecule has 0 spiro atoms. The maximum absolute atomic E-state index is 2.63. The largest absolute Gasteiger partial charge is 0.356 e. The zero-order chi connectivity index (χ0) is 18.2. The smallest absolute Gasteiger partial charge is 0.101 e. The Bertz CT molecular complexity index is 313. The van der Waals surface area contributed by atoms with Crippen molar-refractivity contribution in [2.75, 3.05) is 13.1 Å². The molecule has 0 aromatic heterocycles. The van der Waals surface area contributed by atoms with Gasteiger partial charge < -0.3 is 9.80 Å². The van der Waals surface area contributed by atoms with E-state index >= 15 is 0 Å². The summed E-state index contributed by atoms with van der Waals surface area (Å²) in [6.45, 7) is 9.42. The minimum atomic E-state index is 0.645. The molecule has 0 N–H and O–H groups in total. The van der Waals surface area contributed by atoms with E-state index in [1.165, 1.54) is 109 Å². The SMILES string of the molecule is CCCCCCCCCN1C=CN(CCCCCCC)C1CCCC. The minimum absolute atomic E-state index is 0.645. The van der Waals surface area contributed by atoms with Gasteiger partial charge in [-0.15, -0.1) is 0 Å². The molecule has 148 valence electrons. The van der Waals surface area contributed by atoms with E-state index < -0.39 is 0 Å². The van der Waals surface area contributed by atoms with Gasteiger partial charge in [0.1, 0.15) is 6.17 Å². The van der Waals surface area contributed by atoms with Gasteiger partial charge in [-0.05, 0) is 25.7 Å². The van der Waals surface area contributed by atoms with Crippen molar-refractivity contribution in [2.24, 2.45) is 0 Å². The summed E-state index contributed by atoms with van der Waals surface area (Å²) in [6, 6.07) is 0. The number of hydrogen-bond donors (Lipinski definition) is 0. The molecule has 0 aromatic carbocycles. The summed E-state index contributed by atoms with van der Waals surface area (Å²) in [4.78, 5) is 5.26. The predicted octanol–water partition coefficient (Wildman–Crippen LogP) is 7.31. The van der Waals surface area contributed by atoms with Gasteiger partial charge in [-0.3, -0.25) is 0 Å². The molecule has 0 aliphatic carbocycles. The zero-order valence-electron chi connectivity index (χ0n) is 17.6. The van der Waals surface area contributed by atoms with Crippen molar-refractivity contribution < 1.29 is 0 Å². The highest BCUT2D eigenvalue weighted by Crippen LogP contribution is 2.23. The molecular weight excluding hydrogens is 304 g/mol. The topological polar surface area (TPSA) is 6.48 Å². The maximum atomic E-state index is 2.63. The van der Waals surface area contributed by atoms with Gasteiger partial charge in [0, 0.05) is 25.5 Å². The third-order valence-corrected chi connectivity index (χ3v) is 5.57. The molecule has 0 amide bonds. The van der Waals surface area contributed by atoms with Crippen molar-refractivity contribution in [1.82, 2.24) is 9.80 Å². The molecule has 2 nitrogen and oxygen atoms in total. The van der Waals surface area contributed by atoms with Gasteiger partial charge in [-0.25, -0.2) is 0 Å². The summed E-state index contributed by atoms with van der Waals surface area (Å²) in [5, 5.41) is 0. The summed E-state index contributed by atoms with van der Waals surface area (Å²) in [5.41, 5.74) is 0. The molecule has 2 heteroatoms. The lowest BCUT2D eigenvalue weighted by molar-refractivity contribution is 0.136. The third-order valence-electron chi connectivity index (χ3n) is 5.57. The lowest BCUT2D eigenvalue weighted by Gasteiger charge is -2.33. The molecule has 0 radical (unpaired) electrons. The van der Waals surface area contributed by atoms with Crippen LogP contribution in [0.1, 0.15) is 117 Å². The third kappa shape index (κ3) is 10.2. The standard InChI is InChI=1S/C23H46N2/c1-4-7-10-12-13-15-17-20-25-22-21-24(23(25)18-9-6-3)19-16-14-11-8-5-2/h21-23H,4-20H2,1-3H3. The van der Waals surface area contributed by atoms with E-state index in [4.69, 9.17) is 0 Å². The molecule has 1 heterocycles. The molecule has 0 saturated heterocycles. The van der Waals surface area contributed by atoms with Crippen LogP contribution in [-0.4, -0.2) is 29.1 Å². The van der Waals surface area contributed by atoms with E-state index in [2.05, 4.69) is 43.0 Å². The fraction of sp³-hybridized carbons (Fsp3) is 0.913. The molecule has 1 aliphatic rings. The van der Waals surface area contributed by atoms with Crippen LogP contribution in [0.25, 0.3) is 0 Å². The van der Waals surface area contributed by atoms with Crippen LogP contribution >= 0.6 is 0 Å². The average molecular weight is 351 g/mol. The van der Waals surface area contributed by atoms with Crippen LogP contribution in [0.5, 0.6) is 0 Å². The fourth-order valence-electron chi connectivity index (χ4n) is 3.88. The highest BCUT2D eigenvalue weighted by Gasteiger charge is 2.24. The quantitative estimate of drug-likeness (QED) is 0.254. The van der Waals surface area contributed by atoms with Crippen LogP contribution in [0.2, 0.25) is 0 Å². The van der Waals surface area contributed by atoms with Gasteiger partial charge in [-0.2, -0.15) is 0 Å². The van der Waals surface area contributed by atoms with Crippen molar-refractivity contribution in [1.29, 1.82) is 0 Å². The molecular formula is C23H46N2. The van der Waals surface area contributed by atoms with Gasteiger partial charge in [0.05, 0.1) is 0 Å². The summed E-state index contributed by atoms with van der Waals surface area (Å²) in [7, 11) is 0. The first-order valence-corrected chi connectivity index (χ1v) is 11.5. The van der Waals surface area contributed by atoms with Crippen LogP contribution in [0.15, 0.2) is 12.4 Å². The van der Waals surface area contributed by atoms with Crippen LogP contribution in [0.4, 0.5) is 0 Å². The minimum Gasteiger partial charge on any atom is -0.356 e. The van der Waals surface area contributed by atoms with Gasteiger partial charge >= 0.3 is 0 Å². The van der Waals surface area contributed by atoms with Crippen molar-refractivity contribution in [3.8, 4) is 0 Å². The molecule has 1 atom stereocenters. The van der Waals surface area contributed by atoms with Gasteiger partial charge in [0.25, 0.3) is 0 Å². The monoisotopic (exact) mass is 350 g/mol. The summed E-state index contributed by atoms with van der Waals surface area (Å²) in [5.74, 6) is 0. The van der Waals surface area contributed by atoms with Crippen molar-refractivity contribution >= 4 is 0 Å². The van der Waals surface area contributed by atoms with Crippen LogP contribution in [-0.2, 0) is 0 Å². The van der Waals surface area contributed by atoms with Crippen LogP contribution < -0.4 is 0 Å². The molecule has 0 saturated carbocycles.